The second-order valence-electron chi connectivity index (χ2n) is 6.24. The fourth-order valence-corrected chi connectivity index (χ4v) is 4.60. The first-order valence-corrected chi connectivity index (χ1v) is 9.73. The molecule has 0 aromatic heterocycles. The van der Waals surface area contributed by atoms with E-state index in [2.05, 4.69) is 37.3 Å². The van der Waals surface area contributed by atoms with Gasteiger partial charge < -0.3 is 0 Å². The largest absolute Gasteiger partial charge is 0.234 e. The van der Waals surface area contributed by atoms with Crippen molar-refractivity contribution in [3.8, 4) is 0 Å². The van der Waals surface area contributed by atoms with Crippen molar-refractivity contribution in [2.45, 2.75) is 69.5 Å². The van der Waals surface area contributed by atoms with Crippen LogP contribution in [-0.2, 0) is 16.4 Å². The summed E-state index contributed by atoms with van der Waals surface area (Å²) in [6.45, 7) is 6.33. The molecule has 1 unspecified atom stereocenters. The third kappa shape index (κ3) is 3.30. The van der Waals surface area contributed by atoms with E-state index >= 15 is 0 Å². The molecule has 1 fully saturated rings. The van der Waals surface area contributed by atoms with Gasteiger partial charge in [-0.15, -0.1) is 0 Å². The summed E-state index contributed by atoms with van der Waals surface area (Å²) in [5.74, 6) is 0. The molecule has 1 aliphatic rings. The van der Waals surface area contributed by atoms with Gasteiger partial charge in [0.25, 0.3) is 0 Å². The predicted molar refractivity (Wildman–Crippen MR) is 97.2 cm³/mol. The number of nitrogens with zero attached hydrogens (tertiary/aromatic N) is 1. The van der Waals surface area contributed by atoms with E-state index < -0.39 is 11.0 Å². The first-order valence-electron chi connectivity index (χ1n) is 8.25. The van der Waals surface area contributed by atoms with E-state index in [0.29, 0.717) is 0 Å². The summed E-state index contributed by atoms with van der Waals surface area (Å²) in [6.07, 6.45) is 8.01. The van der Waals surface area contributed by atoms with Gasteiger partial charge in [-0.3, -0.25) is 0 Å². The maximum Gasteiger partial charge on any atom is 0.145 e. The van der Waals surface area contributed by atoms with Crippen LogP contribution in [0.25, 0.3) is 0 Å². The van der Waals surface area contributed by atoms with E-state index in [1.165, 1.54) is 12.0 Å². The third-order valence-electron chi connectivity index (χ3n) is 5.36. The lowest BCUT2D eigenvalue weighted by molar-refractivity contribution is 0.348. The third-order valence-corrected chi connectivity index (χ3v) is 7.52. The van der Waals surface area contributed by atoms with E-state index in [-0.39, 0.29) is 10.2 Å². The average molecular weight is 340 g/mol. The molecule has 1 aliphatic carbocycles. The summed E-state index contributed by atoms with van der Waals surface area (Å²) in [7, 11) is -1.17. The molecule has 1 atom stereocenters. The summed E-state index contributed by atoms with van der Waals surface area (Å²) in [4.78, 5) is 0. The van der Waals surface area contributed by atoms with Gasteiger partial charge in [0, 0.05) is 16.7 Å². The summed E-state index contributed by atoms with van der Waals surface area (Å²) < 4.78 is 17.1. The Morgan fingerprint density at radius 3 is 2.14 bits per heavy atom. The first kappa shape index (κ1) is 17.7. The lowest BCUT2D eigenvalue weighted by Gasteiger charge is -2.39. The molecule has 1 aromatic rings. The first-order chi connectivity index (χ1) is 10.5. The number of halogens is 1. The second kappa shape index (κ2) is 7.27. The van der Waals surface area contributed by atoms with Gasteiger partial charge in [-0.05, 0) is 49.8 Å². The zero-order chi connectivity index (χ0) is 16.2. The summed E-state index contributed by atoms with van der Waals surface area (Å²) >= 11 is 5.98. The molecule has 2 nitrogen and oxygen atoms in total. The Balaban J connectivity index is 2.22. The van der Waals surface area contributed by atoms with Crippen molar-refractivity contribution in [2.24, 2.45) is 4.40 Å². The van der Waals surface area contributed by atoms with Gasteiger partial charge in [0.1, 0.15) is 11.0 Å². The molecule has 0 saturated heterocycles. The molecule has 0 amide bonds. The SMILES string of the molecule is CCC(CC)(CC)S(=O)/N=C/C1(c2ccc(Cl)cc2)CCC1. The van der Waals surface area contributed by atoms with E-state index in [9.17, 15) is 4.21 Å². The molecule has 0 spiro atoms. The van der Waals surface area contributed by atoms with Crippen LogP contribution >= 0.6 is 11.6 Å². The van der Waals surface area contributed by atoms with Crippen LogP contribution in [0.1, 0.15) is 64.9 Å². The highest BCUT2D eigenvalue weighted by atomic mass is 35.5. The minimum absolute atomic E-state index is 0.0405. The van der Waals surface area contributed by atoms with E-state index in [0.717, 1.165) is 37.1 Å². The molecule has 0 N–H and O–H groups in total. The van der Waals surface area contributed by atoms with Gasteiger partial charge in [0.15, 0.2) is 0 Å². The van der Waals surface area contributed by atoms with Crippen molar-refractivity contribution < 1.29 is 4.21 Å². The molecule has 0 heterocycles. The van der Waals surface area contributed by atoms with E-state index in [4.69, 9.17) is 11.6 Å². The van der Waals surface area contributed by atoms with Crippen LogP contribution in [0.15, 0.2) is 28.7 Å². The molecule has 1 aromatic carbocycles. The zero-order valence-corrected chi connectivity index (χ0v) is 15.3. The van der Waals surface area contributed by atoms with Gasteiger partial charge in [0.05, 0.1) is 4.75 Å². The van der Waals surface area contributed by atoms with Crippen LogP contribution in [0.5, 0.6) is 0 Å². The van der Waals surface area contributed by atoms with Crippen LogP contribution < -0.4 is 0 Å². The molecule has 22 heavy (non-hydrogen) atoms. The highest BCUT2D eigenvalue weighted by Gasteiger charge is 2.38. The quantitative estimate of drug-likeness (QED) is 0.606. The molecular formula is C18H26ClNOS. The van der Waals surface area contributed by atoms with E-state index in [1.54, 1.807) is 0 Å². The van der Waals surface area contributed by atoms with E-state index in [1.807, 2.05) is 18.3 Å². The van der Waals surface area contributed by atoms with Crippen molar-refractivity contribution in [1.82, 2.24) is 0 Å². The minimum atomic E-state index is -1.17. The highest BCUT2D eigenvalue weighted by molar-refractivity contribution is 7.85. The highest BCUT2D eigenvalue weighted by Crippen LogP contribution is 2.43. The molecular weight excluding hydrogens is 314 g/mol. The normalized spacial score (nSPS) is 19.1. The topological polar surface area (TPSA) is 29.4 Å². The summed E-state index contributed by atoms with van der Waals surface area (Å²) in [5.41, 5.74) is 1.19. The molecule has 0 bridgehead atoms. The van der Waals surface area contributed by atoms with Crippen LogP contribution in [0.4, 0.5) is 0 Å². The summed E-state index contributed by atoms with van der Waals surface area (Å²) in [5, 5.41) is 0.751. The number of hydrogen-bond acceptors (Lipinski definition) is 1. The van der Waals surface area contributed by atoms with Crippen molar-refractivity contribution in [1.29, 1.82) is 0 Å². The fraction of sp³-hybridized carbons (Fsp3) is 0.611. The molecule has 4 heteroatoms. The molecule has 0 radical (unpaired) electrons. The van der Waals surface area contributed by atoms with Crippen LogP contribution in [-0.4, -0.2) is 15.2 Å². The summed E-state index contributed by atoms with van der Waals surface area (Å²) in [6, 6.07) is 8.00. The van der Waals surface area contributed by atoms with Gasteiger partial charge in [-0.1, -0.05) is 50.9 Å². The van der Waals surface area contributed by atoms with Gasteiger partial charge >= 0.3 is 0 Å². The Kier molecular flexibility index (Phi) is 5.84. The Labute approximate surface area is 142 Å². The molecule has 2 rings (SSSR count). The monoisotopic (exact) mass is 339 g/mol. The maximum atomic E-state index is 12.7. The van der Waals surface area contributed by atoms with Crippen molar-refractivity contribution in [3.63, 3.8) is 0 Å². The van der Waals surface area contributed by atoms with Crippen LogP contribution in [0.3, 0.4) is 0 Å². The Hall–Kier alpha value is -0.670. The van der Waals surface area contributed by atoms with Crippen molar-refractivity contribution >= 4 is 28.8 Å². The molecule has 0 aliphatic heterocycles. The van der Waals surface area contributed by atoms with Crippen LogP contribution in [0, 0.1) is 0 Å². The van der Waals surface area contributed by atoms with Crippen molar-refractivity contribution in [2.75, 3.05) is 0 Å². The number of rotatable bonds is 7. The number of benzene rings is 1. The molecule has 1 saturated carbocycles. The fourth-order valence-electron chi connectivity index (χ4n) is 3.21. The van der Waals surface area contributed by atoms with Gasteiger partial charge in [0.2, 0.25) is 0 Å². The lowest BCUT2D eigenvalue weighted by Crippen LogP contribution is -2.37. The zero-order valence-electron chi connectivity index (χ0n) is 13.8. The second-order valence-corrected chi connectivity index (χ2v) is 8.26. The van der Waals surface area contributed by atoms with Crippen LogP contribution in [0.2, 0.25) is 5.02 Å². The van der Waals surface area contributed by atoms with Crippen molar-refractivity contribution in [3.05, 3.63) is 34.9 Å². The standard InChI is InChI=1S/C18H26ClNOS/c1-4-18(5-2,6-3)22(21)20-14-17(12-7-13-17)15-8-10-16(19)11-9-15/h8-11,14H,4-7,12-13H2,1-3H3/b20-14+. The Morgan fingerprint density at radius 2 is 1.73 bits per heavy atom. The minimum Gasteiger partial charge on any atom is -0.234 e. The smallest absolute Gasteiger partial charge is 0.145 e. The lowest BCUT2D eigenvalue weighted by atomic mass is 9.65. The van der Waals surface area contributed by atoms with Gasteiger partial charge in [-0.2, -0.15) is 4.40 Å². The molecule has 122 valence electrons. The number of hydrogen-bond donors (Lipinski definition) is 0. The predicted octanol–water partition coefficient (Wildman–Crippen LogP) is 5.47. The Bertz CT molecular complexity index is 536. The maximum absolute atomic E-state index is 12.7. The Morgan fingerprint density at radius 1 is 1.18 bits per heavy atom. The van der Waals surface area contributed by atoms with Gasteiger partial charge in [-0.25, -0.2) is 4.21 Å². The average Bonchev–Trinajstić information content (AvgIpc) is 2.50.